The van der Waals surface area contributed by atoms with Gasteiger partial charge in [0.1, 0.15) is 5.82 Å². The van der Waals surface area contributed by atoms with Crippen LogP contribution in [-0.4, -0.2) is 15.7 Å². The van der Waals surface area contributed by atoms with Crippen LogP contribution < -0.4 is 4.84 Å². The standard InChI is InChI=1S/C10H15N3O/c1-5-7(2)13-14-10-6-8(3)11-9(4)12-10/h6H,5H2,1-4H3/b13-7+. The van der Waals surface area contributed by atoms with Gasteiger partial charge in [-0.05, 0) is 27.2 Å². The lowest BCUT2D eigenvalue weighted by Crippen LogP contribution is -1.97. The Hall–Kier alpha value is -1.45. The van der Waals surface area contributed by atoms with E-state index in [1.807, 2.05) is 27.7 Å². The van der Waals surface area contributed by atoms with Gasteiger partial charge in [-0.25, -0.2) is 4.98 Å². The minimum Gasteiger partial charge on any atom is -0.337 e. The second-order valence-electron chi connectivity index (χ2n) is 3.17. The van der Waals surface area contributed by atoms with E-state index >= 15 is 0 Å². The summed E-state index contributed by atoms with van der Waals surface area (Å²) in [5.74, 6) is 1.20. The molecule has 76 valence electrons. The van der Waals surface area contributed by atoms with Crippen LogP contribution in [0.2, 0.25) is 0 Å². The Morgan fingerprint density at radius 3 is 2.71 bits per heavy atom. The van der Waals surface area contributed by atoms with Gasteiger partial charge in [0, 0.05) is 11.8 Å². The lowest BCUT2D eigenvalue weighted by molar-refractivity contribution is 0.324. The summed E-state index contributed by atoms with van der Waals surface area (Å²) >= 11 is 0. The maximum Gasteiger partial charge on any atom is 0.252 e. The fraction of sp³-hybridized carbons (Fsp3) is 0.500. The normalized spacial score (nSPS) is 11.6. The molecule has 1 heterocycles. The molecule has 0 unspecified atom stereocenters. The van der Waals surface area contributed by atoms with Gasteiger partial charge in [0.2, 0.25) is 0 Å². The molecule has 4 heteroatoms. The van der Waals surface area contributed by atoms with Crippen molar-refractivity contribution in [1.82, 2.24) is 9.97 Å². The molecule has 0 radical (unpaired) electrons. The maximum absolute atomic E-state index is 5.16. The molecule has 0 aliphatic rings. The third-order valence-electron chi connectivity index (χ3n) is 1.75. The first-order valence-corrected chi connectivity index (χ1v) is 4.64. The summed E-state index contributed by atoms with van der Waals surface area (Å²) in [4.78, 5) is 13.4. The molecule has 0 saturated heterocycles. The molecular formula is C10H15N3O. The van der Waals surface area contributed by atoms with Gasteiger partial charge in [0.05, 0.1) is 5.71 Å². The molecular weight excluding hydrogens is 178 g/mol. The van der Waals surface area contributed by atoms with Crippen molar-refractivity contribution in [2.24, 2.45) is 5.16 Å². The van der Waals surface area contributed by atoms with E-state index in [1.54, 1.807) is 6.07 Å². The zero-order valence-electron chi connectivity index (χ0n) is 9.03. The van der Waals surface area contributed by atoms with Crippen LogP contribution in [0.15, 0.2) is 11.2 Å². The van der Waals surface area contributed by atoms with Crippen molar-refractivity contribution in [3.8, 4) is 5.88 Å². The molecule has 14 heavy (non-hydrogen) atoms. The Morgan fingerprint density at radius 2 is 2.14 bits per heavy atom. The van der Waals surface area contributed by atoms with Gasteiger partial charge in [-0.3, -0.25) is 0 Å². The monoisotopic (exact) mass is 193 g/mol. The van der Waals surface area contributed by atoms with Gasteiger partial charge in [0.15, 0.2) is 0 Å². The van der Waals surface area contributed by atoms with Crippen molar-refractivity contribution < 1.29 is 4.84 Å². The van der Waals surface area contributed by atoms with E-state index in [0.717, 1.165) is 17.8 Å². The second-order valence-corrected chi connectivity index (χ2v) is 3.17. The van der Waals surface area contributed by atoms with Crippen LogP contribution in [0.4, 0.5) is 0 Å². The van der Waals surface area contributed by atoms with Crippen molar-refractivity contribution in [1.29, 1.82) is 0 Å². The molecule has 0 N–H and O–H groups in total. The van der Waals surface area contributed by atoms with Gasteiger partial charge in [-0.1, -0.05) is 12.1 Å². The Kier molecular flexibility index (Phi) is 3.56. The highest BCUT2D eigenvalue weighted by atomic mass is 16.6. The van der Waals surface area contributed by atoms with Crippen molar-refractivity contribution in [3.63, 3.8) is 0 Å². The highest BCUT2D eigenvalue weighted by molar-refractivity contribution is 5.80. The van der Waals surface area contributed by atoms with Crippen molar-refractivity contribution in [3.05, 3.63) is 17.6 Å². The number of aryl methyl sites for hydroxylation is 2. The molecule has 1 aromatic heterocycles. The van der Waals surface area contributed by atoms with Gasteiger partial charge >= 0.3 is 0 Å². The zero-order chi connectivity index (χ0) is 10.6. The third kappa shape index (κ3) is 3.12. The average Bonchev–Trinajstić information content (AvgIpc) is 2.12. The molecule has 0 aliphatic carbocycles. The summed E-state index contributed by atoms with van der Waals surface area (Å²) in [6.07, 6.45) is 0.878. The minimum atomic E-state index is 0.503. The van der Waals surface area contributed by atoms with Crippen LogP contribution in [-0.2, 0) is 0 Å². The molecule has 0 amide bonds. The first kappa shape index (κ1) is 10.6. The predicted molar refractivity (Wildman–Crippen MR) is 55.5 cm³/mol. The van der Waals surface area contributed by atoms with Crippen LogP contribution in [0.25, 0.3) is 0 Å². The quantitative estimate of drug-likeness (QED) is 0.546. The maximum atomic E-state index is 5.16. The number of rotatable bonds is 3. The van der Waals surface area contributed by atoms with Crippen molar-refractivity contribution in [2.45, 2.75) is 34.1 Å². The predicted octanol–water partition coefficient (Wildman–Crippen LogP) is 2.26. The summed E-state index contributed by atoms with van der Waals surface area (Å²) in [6, 6.07) is 1.76. The molecule has 0 saturated carbocycles. The zero-order valence-corrected chi connectivity index (χ0v) is 9.03. The lowest BCUT2D eigenvalue weighted by atomic mass is 10.3. The largest absolute Gasteiger partial charge is 0.337 e. The van der Waals surface area contributed by atoms with Gasteiger partial charge in [-0.2, -0.15) is 4.98 Å². The fourth-order valence-electron chi connectivity index (χ4n) is 0.919. The summed E-state index contributed by atoms with van der Waals surface area (Å²) < 4.78 is 0. The highest BCUT2D eigenvalue weighted by Crippen LogP contribution is 2.08. The Morgan fingerprint density at radius 1 is 1.43 bits per heavy atom. The highest BCUT2D eigenvalue weighted by Gasteiger charge is 1.99. The first-order chi connectivity index (χ1) is 6.61. The van der Waals surface area contributed by atoms with Gasteiger partial charge in [-0.15, -0.1) is 0 Å². The van der Waals surface area contributed by atoms with E-state index in [9.17, 15) is 0 Å². The smallest absolute Gasteiger partial charge is 0.252 e. The van der Waals surface area contributed by atoms with E-state index in [1.165, 1.54) is 0 Å². The van der Waals surface area contributed by atoms with E-state index in [4.69, 9.17) is 4.84 Å². The summed E-state index contributed by atoms with van der Waals surface area (Å²) in [5, 5.41) is 3.92. The molecule has 0 bridgehead atoms. The van der Waals surface area contributed by atoms with Crippen LogP contribution in [0.1, 0.15) is 31.8 Å². The fourth-order valence-corrected chi connectivity index (χ4v) is 0.919. The Balaban J connectivity index is 2.77. The molecule has 0 aliphatic heterocycles. The molecule has 1 rings (SSSR count). The molecule has 4 nitrogen and oxygen atoms in total. The third-order valence-corrected chi connectivity index (χ3v) is 1.75. The lowest BCUT2D eigenvalue weighted by Gasteiger charge is -2.01. The van der Waals surface area contributed by atoms with E-state index in [-0.39, 0.29) is 0 Å². The van der Waals surface area contributed by atoms with Crippen molar-refractivity contribution >= 4 is 5.71 Å². The van der Waals surface area contributed by atoms with E-state index in [2.05, 4.69) is 15.1 Å². The van der Waals surface area contributed by atoms with E-state index < -0.39 is 0 Å². The topological polar surface area (TPSA) is 47.4 Å². The molecule has 1 aromatic rings. The summed E-state index contributed by atoms with van der Waals surface area (Å²) in [7, 11) is 0. The Bertz CT molecular complexity index is 327. The van der Waals surface area contributed by atoms with Gasteiger partial charge in [0.25, 0.3) is 5.88 Å². The average molecular weight is 193 g/mol. The van der Waals surface area contributed by atoms with Crippen LogP contribution in [0.5, 0.6) is 5.88 Å². The second kappa shape index (κ2) is 4.69. The number of aromatic nitrogens is 2. The molecule has 0 atom stereocenters. The summed E-state index contributed by atoms with van der Waals surface area (Å²) in [5.41, 5.74) is 1.83. The summed E-state index contributed by atoms with van der Waals surface area (Å²) in [6.45, 7) is 7.67. The number of nitrogens with zero attached hydrogens (tertiary/aromatic N) is 3. The first-order valence-electron chi connectivity index (χ1n) is 4.64. The minimum absolute atomic E-state index is 0.503. The molecule has 0 aromatic carbocycles. The number of oxime groups is 1. The van der Waals surface area contributed by atoms with Crippen molar-refractivity contribution in [2.75, 3.05) is 0 Å². The van der Waals surface area contributed by atoms with Gasteiger partial charge < -0.3 is 4.84 Å². The number of hydrogen-bond donors (Lipinski definition) is 0. The van der Waals surface area contributed by atoms with Crippen LogP contribution in [0.3, 0.4) is 0 Å². The molecule has 0 spiro atoms. The van der Waals surface area contributed by atoms with Crippen LogP contribution in [0, 0.1) is 13.8 Å². The van der Waals surface area contributed by atoms with Crippen LogP contribution >= 0.6 is 0 Å². The Labute approximate surface area is 84.0 Å². The van der Waals surface area contributed by atoms with E-state index in [0.29, 0.717) is 11.7 Å². The molecule has 0 fully saturated rings. The SMILES string of the molecule is CC/C(C)=N/Oc1cc(C)nc(C)n1. The number of hydrogen-bond acceptors (Lipinski definition) is 4.